The Morgan fingerprint density at radius 3 is 2.95 bits per heavy atom. The topological polar surface area (TPSA) is 69.2 Å². The first-order valence-electron chi connectivity index (χ1n) is 7.20. The van der Waals surface area contributed by atoms with Crippen molar-refractivity contribution in [1.82, 2.24) is 19.9 Å². The van der Waals surface area contributed by atoms with Crippen LogP contribution in [0.1, 0.15) is 37.5 Å². The van der Waals surface area contributed by atoms with Crippen LogP contribution in [-0.4, -0.2) is 53.2 Å². The first-order chi connectivity index (χ1) is 9.60. The fraction of sp³-hybridized carbons (Fsp3) is 0.786. The second-order valence-electron chi connectivity index (χ2n) is 5.74. The van der Waals surface area contributed by atoms with Gasteiger partial charge in [0.15, 0.2) is 5.82 Å². The summed E-state index contributed by atoms with van der Waals surface area (Å²) < 4.78 is 5.32. The van der Waals surface area contributed by atoms with Gasteiger partial charge in [-0.15, -0.1) is 0 Å². The van der Waals surface area contributed by atoms with Crippen LogP contribution >= 0.6 is 0 Å². The van der Waals surface area contributed by atoms with E-state index in [-0.39, 0.29) is 6.04 Å². The van der Waals surface area contributed by atoms with Gasteiger partial charge in [0.1, 0.15) is 6.04 Å². The Labute approximate surface area is 120 Å². The summed E-state index contributed by atoms with van der Waals surface area (Å²) in [6, 6.07) is 2.39. The highest BCUT2D eigenvalue weighted by Crippen LogP contribution is 2.23. The Kier molecular flexibility index (Phi) is 5.10. The molecule has 2 rings (SSSR count). The molecule has 1 aliphatic rings. The van der Waals surface area contributed by atoms with E-state index in [2.05, 4.69) is 40.0 Å². The van der Waals surface area contributed by atoms with Gasteiger partial charge in [0.25, 0.3) is 0 Å². The number of hydrogen-bond donors (Lipinski definition) is 0. The Bertz CT molecular complexity index is 466. The van der Waals surface area contributed by atoms with Crippen LogP contribution in [0, 0.1) is 24.2 Å². The Balaban J connectivity index is 1.93. The molecule has 1 fully saturated rings. The minimum atomic E-state index is 0.174. The first kappa shape index (κ1) is 14.9. The minimum absolute atomic E-state index is 0.174. The Morgan fingerprint density at radius 1 is 1.50 bits per heavy atom. The third-order valence-electron chi connectivity index (χ3n) is 3.88. The van der Waals surface area contributed by atoms with Crippen LogP contribution in [0.5, 0.6) is 0 Å². The van der Waals surface area contributed by atoms with Gasteiger partial charge in [-0.05, 0) is 26.3 Å². The number of nitrogens with zero attached hydrogens (tertiary/aromatic N) is 5. The highest BCUT2D eigenvalue weighted by Gasteiger charge is 2.30. The highest BCUT2D eigenvalue weighted by atomic mass is 16.5. The predicted molar refractivity (Wildman–Crippen MR) is 74.9 cm³/mol. The molecule has 0 radical (unpaired) electrons. The molecule has 0 N–H and O–H groups in total. The molecule has 0 aromatic carbocycles. The van der Waals surface area contributed by atoms with Gasteiger partial charge >= 0.3 is 0 Å². The average molecular weight is 277 g/mol. The summed E-state index contributed by atoms with van der Waals surface area (Å²) in [7, 11) is 2.10. The first-order valence-corrected chi connectivity index (χ1v) is 7.20. The van der Waals surface area contributed by atoms with E-state index in [4.69, 9.17) is 9.78 Å². The maximum atomic E-state index is 8.65. The van der Waals surface area contributed by atoms with Crippen LogP contribution in [-0.2, 0) is 0 Å². The molecule has 1 aliphatic heterocycles. The van der Waals surface area contributed by atoms with Crippen LogP contribution in [0.3, 0.4) is 0 Å². The molecule has 2 heterocycles. The third kappa shape index (κ3) is 3.78. The maximum absolute atomic E-state index is 8.65. The smallest absolute Gasteiger partial charge is 0.245 e. The molecule has 0 bridgehead atoms. The van der Waals surface area contributed by atoms with Gasteiger partial charge in [0.05, 0.1) is 6.07 Å². The molecule has 1 aromatic rings. The summed E-state index contributed by atoms with van der Waals surface area (Å²) in [6.07, 6.45) is 1.61. The van der Waals surface area contributed by atoms with Crippen molar-refractivity contribution in [3.63, 3.8) is 0 Å². The molecule has 1 aromatic heterocycles. The lowest BCUT2D eigenvalue weighted by molar-refractivity contribution is 0.0668. The predicted octanol–water partition coefficient (Wildman–Crippen LogP) is 1.61. The zero-order valence-electron chi connectivity index (χ0n) is 12.5. The van der Waals surface area contributed by atoms with Crippen molar-refractivity contribution in [1.29, 1.82) is 5.26 Å². The molecule has 6 nitrogen and oxygen atoms in total. The molecule has 1 saturated heterocycles. The van der Waals surface area contributed by atoms with Gasteiger partial charge in [-0.2, -0.15) is 10.2 Å². The van der Waals surface area contributed by atoms with Gasteiger partial charge in [-0.3, -0.25) is 9.80 Å². The summed E-state index contributed by atoms with van der Waals surface area (Å²) in [5, 5.41) is 12.5. The van der Waals surface area contributed by atoms with E-state index in [9.17, 15) is 0 Å². The Morgan fingerprint density at radius 2 is 2.30 bits per heavy atom. The van der Waals surface area contributed by atoms with E-state index in [1.165, 1.54) is 0 Å². The van der Waals surface area contributed by atoms with Crippen molar-refractivity contribution in [3.05, 3.63) is 11.7 Å². The van der Waals surface area contributed by atoms with E-state index >= 15 is 0 Å². The largest absolute Gasteiger partial charge is 0.338 e. The fourth-order valence-electron chi connectivity index (χ4n) is 2.65. The number of piperazine rings is 1. The molecule has 2 unspecified atom stereocenters. The quantitative estimate of drug-likeness (QED) is 0.814. The lowest BCUT2D eigenvalue weighted by atomic mass is 10.0. The summed E-state index contributed by atoms with van der Waals surface area (Å²) in [5.74, 6) is 1.94. The standard InChI is InChI=1S/C14H23N5O/c1-11(5-4-6-15)9-19-8-7-18(3)13(10-19)14-16-12(2)17-20-14/h11,13H,4-5,7-10H2,1-3H3. The zero-order chi connectivity index (χ0) is 14.5. The molecule has 6 heteroatoms. The van der Waals surface area contributed by atoms with Gasteiger partial charge in [-0.25, -0.2) is 0 Å². The van der Waals surface area contributed by atoms with E-state index < -0.39 is 0 Å². The van der Waals surface area contributed by atoms with Crippen molar-refractivity contribution in [3.8, 4) is 6.07 Å². The lowest BCUT2D eigenvalue weighted by Crippen LogP contribution is -2.47. The third-order valence-corrected chi connectivity index (χ3v) is 3.88. The van der Waals surface area contributed by atoms with Crippen LogP contribution in [0.4, 0.5) is 0 Å². The molecule has 0 saturated carbocycles. The van der Waals surface area contributed by atoms with Crippen molar-refractivity contribution < 1.29 is 4.52 Å². The van der Waals surface area contributed by atoms with E-state index in [1.807, 2.05) is 6.92 Å². The molecule has 2 atom stereocenters. The van der Waals surface area contributed by atoms with Crippen LogP contribution in [0.15, 0.2) is 4.52 Å². The van der Waals surface area contributed by atoms with E-state index in [0.29, 0.717) is 24.1 Å². The van der Waals surface area contributed by atoms with Gasteiger partial charge in [0.2, 0.25) is 5.89 Å². The second-order valence-corrected chi connectivity index (χ2v) is 5.74. The molecule has 0 aliphatic carbocycles. The van der Waals surface area contributed by atoms with E-state index in [1.54, 1.807) is 0 Å². The Hall–Kier alpha value is -1.45. The van der Waals surface area contributed by atoms with Crippen molar-refractivity contribution in [2.24, 2.45) is 5.92 Å². The van der Waals surface area contributed by atoms with Crippen LogP contribution in [0.2, 0.25) is 0 Å². The number of aromatic nitrogens is 2. The number of nitriles is 1. The number of rotatable bonds is 5. The van der Waals surface area contributed by atoms with Crippen molar-refractivity contribution in [2.45, 2.75) is 32.7 Å². The molecule has 0 amide bonds. The summed E-state index contributed by atoms with van der Waals surface area (Å²) in [5.41, 5.74) is 0. The molecular weight excluding hydrogens is 254 g/mol. The van der Waals surface area contributed by atoms with Crippen molar-refractivity contribution >= 4 is 0 Å². The van der Waals surface area contributed by atoms with Crippen LogP contribution in [0.25, 0.3) is 0 Å². The maximum Gasteiger partial charge on any atom is 0.245 e. The number of aryl methyl sites for hydroxylation is 1. The molecule has 0 spiro atoms. The van der Waals surface area contributed by atoms with Crippen molar-refractivity contribution in [2.75, 3.05) is 33.2 Å². The highest BCUT2D eigenvalue weighted by molar-refractivity contribution is 4.96. The molecular formula is C14H23N5O. The minimum Gasteiger partial charge on any atom is -0.338 e. The average Bonchev–Trinajstić information content (AvgIpc) is 2.85. The lowest BCUT2D eigenvalue weighted by Gasteiger charge is -2.38. The van der Waals surface area contributed by atoms with Gasteiger partial charge in [-0.1, -0.05) is 12.1 Å². The number of likely N-dealkylation sites (N-methyl/N-ethyl adjacent to an activating group) is 1. The van der Waals surface area contributed by atoms with Crippen LogP contribution < -0.4 is 0 Å². The molecule has 110 valence electrons. The fourth-order valence-corrected chi connectivity index (χ4v) is 2.65. The SMILES string of the molecule is Cc1noc(C2CN(CC(C)CCC#N)CCN2C)n1. The summed E-state index contributed by atoms with van der Waals surface area (Å²) in [4.78, 5) is 9.06. The summed E-state index contributed by atoms with van der Waals surface area (Å²) >= 11 is 0. The van der Waals surface area contributed by atoms with E-state index in [0.717, 1.165) is 32.6 Å². The summed E-state index contributed by atoms with van der Waals surface area (Å²) in [6.45, 7) is 8.04. The molecule has 20 heavy (non-hydrogen) atoms. The van der Waals surface area contributed by atoms with Gasteiger partial charge in [0, 0.05) is 32.6 Å². The zero-order valence-corrected chi connectivity index (χ0v) is 12.5. The van der Waals surface area contributed by atoms with Gasteiger partial charge < -0.3 is 4.52 Å². The monoisotopic (exact) mass is 277 g/mol. The normalized spacial score (nSPS) is 22.6. The number of hydrogen-bond acceptors (Lipinski definition) is 6. The second kappa shape index (κ2) is 6.82.